The third-order valence-corrected chi connectivity index (χ3v) is 5.88. The first-order valence-corrected chi connectivity index (χ1v) is 8.96. The van der Waals surface area contributed by atoms with Crippen LogP contribution in [0.25, 0.3) is 21.9 Å². The Morgan fingerprint density at radius 2 is 1.96 bits per heavy atom. The maximum atomic E-state index is 13.2. The molecule has 0 amide bonds. The van der Waals surface area contributed by atoms with Crippen LogP contribution < -0.4 is 5.56 Å². The van der Waals surface area contributed by atoms with Crippen molar-refractivity contribution in [2.24, 2.45) is 0 Å². The Hall–Kier alpha value is -2.41. The summed E-state index contributed by atoms with van der Waals surface area (Å²) in [6, 6.07) is 5.45. The molecule has 0 N–H and O–H groups in total. The molecule has 1 aromatic carbocycles. The average molecular weight is 376 g/mol. The maximum absolute atomic E-state index is 13.2. The van der Waals surface area contributed by atoms with Crippen molar-refractivity contribution >= 4 is 33.2 Å². The predicted octanol–water partition coefficient (Wildman–Crippen LogP) is 5.04. The molecule has 0 spiro atoms. The summed E-state index contributed by atoms with van der Waals surface area (Å²) >= 11 is 1.44. The molecular formula is C19H15F3N2OS. The number of rotatable bonds is 1. The number of alkyl halides is 3. The predicted molar refractivity (Wildman–Crippen MR) is 97.3 cm³/mol. The molecule has 2 aromatic heterocycles. The number of hydrogen-bond donors (Lipinski definition) is 0. The SMILES string of the molecule is Cc1sc2nc3n(c(=O)c2c1C)CCC3=Cc1ccccc1C(F)(F)F. The van der Waals surface area contributed by atoms with Crippen LogP contribution in [0.2, 0.25) is 0 Å². The number of aryl methyl sites for hydroxylation is 2. The molecule has 0 aliphatic carbocycles. The van der Waals surface area contributed by atoms with Gasteiger partial charge in [-0.2, -0.15) is 13.2 Å². The fraction of sp³-hybridized carbons (Fsp3) is 0.263. The van der Waals surface area contributed by atoms with Gasteiger partial charge in [-0.3, -0.25) is 9.36 Å². The van der Waals surface area contributed by atoms with Crippen LogP contribution in [0.1, 0.15) is 33.8 Å². The smallest absolute Gasteiger partial charge is 0.292 e. The second kappa shape index (κ2) is 5.81. The zero-order chi connectivity index (χ0) is 18.6. The van der Waals surface area contributed by atoms with Gasteiger partial charge in [-0.1, -0.05) is 18.2 Å². The van der Waals surface area contributed by atoms with E-state index in [0.29, 0.717) is 34.6 Å². The van der Waals surface area contributed by atoms with E-state index in [1.807, 2.05) is 13.8 Å². The molecule has 7 heteroatoms. The second-order valence-corrected chi connectivity index (χ2v) is 7.56. The Balaban J connectivity index is 1.91. The van der Waals surface area contributed by atoms with Crippen molar-refractivity contribution in [1.29, 1.82) is 0 Å². The first-order valence-electron chi connectivity index (χ1n) is 8.15. The highest BCUT2D eigenvalue weighted by atomic mass is 32.1. The van der Waals surface area contributed by atoms with Gasteiger partial charge in [-0.25, -0.2) is 4.98 Å². The zero-order valence-electron chi connectivity index (χ0n) is 14.1. The van der Waals surface area contributed by atoms with Gasteiger partial charge in [0.05, 0.1) is 10.9 Å². The normalized spacial score (nSPS) is 15.8. The van der Waals surface area contributed by atoms with Crippen molar-refractivity contribution in [3.05, 3.63) is 62.0 Å². The first-order chi connectivity index (χ1) is 12.3. The van der Waals surface area contributed by atoms with Gasteiger partial charge in [-0.15, -0.1) is 11.3 Å². The minimum atomic E-state index is -4.43. The lowest BCUT2D eigenvalue weighted by molar-refractivity contribution is -0.137. The van der Waals surface area contributed by atoms with Gasteiger partial charge in [0.25, 0.3) is 5.56 Å². The summed E-state index contributed by atoms with van der Waals surface area (Å²) < 4.78 is 41.3. The van der Waals surface area contributed by atoms with E-state index in [4.69, 9.17) is 0 Å². The van der Waals surface area contributed by atoms with E-state index >= 15 is 0 Å². The summed E-state index contributed by atoms with van der Waals surface area (Å²) in [6.07, 6.45) is -2.43. The lowest BCUT2D eigenvalue weighted by atomic mass is 10.0. The molecule has 0 atom stereocenters. The third-order valence-electron chi connectivity index (χ3n) is 4.78. The largest absolute Gasteiger partial charge is 0.416 e. The van der Waals surface area contributed by atoms with Gasteiger partial charge in [0.2, 0.25) is 0 Å². The van der Waals surface area contributed by atoms with Gasteiger partial charge in [0.1, 0.15) is 10.7 Å². The summed E-state index contributed by atoms with van der Waals surface area (Å²) in [6.45, 7) is 4.27. The summed E-state index contributed by atoms with van der Waals surface area (Å²) in [5.74, 6) is 0.473. The minimum Gasteiger partial charge on any atom is -0.292 e. The maximum Gasteiger partial charge on any atom is 0.416 e. The summed E-state index contributed by atoms with van der Waals surface area (Å²) in [5, 5.41) is 0.619. The molecule has 0 fully saturated rings. The van der Waals surface area contributed by atoms with Gasteiger partial charge in [0.15, 0.2) is 0 Å². The molecular weight excluding hydrogens is 361 g/mol. The molecule has 3 aromatic rings. The number of fused-ring (bicyclic) bond motifs is 2. The molecule has 0 saturated heterocycles. The van der Waals surface area contributed by atoms with E-state index in [1.54, 1.807) is 10.6 Å². The van der Waals surface area contributed by atoms with Crippen molar-refractivity contribution in [2.45, 2.75) is 33.0 Å². The number of benzene rings is 1. The fourth-order valence-corrected chi connectivity index (χ4v) is 4.35. The van der Waals surface area contributed by atoms with Crippen molar-refractivity contribution in [3.63, 3.8) is 0 Å². The van der Waals surface area contributed by atoms with Gasteiger partial charge in [0, 0.05) is 11.4 Å². The van der Waals surface area contributed by atoms with E-state index < -0.39 is 11.7 Å². The lowest BCUT2D eigenvalue weighted by Crippen LogP contribution is -2.20. The molecule has 0 radical (unpaired) electrons. The van der Waals surface area contributed by atoms with Crippen LogP contribution >= 0.6 is 11.3 Å². The van der Waals surface area contributed by atoms with Crippen molar-refractivity contribution in [3.8, 4) is 0 Å². The molecule has 1 aliphatic heterocycles. The topological polar surface area (TPSA) is 34.9 Å². The van der Waals surface area contributed by atoms with Crippen molar-refractivity contribution in [2.75, 3.05) is 0 Å². The van der Waals surface area contributed by atoms with Crippen LogP contribution in [0.5, 0.6) is 0 Å². The van der Waals surface area contributed by atoms with Gasteiger partial charge in [-0.05, 0) is 49.1 Å². The van der Waals surface area contributed by atoms with Crippen LogP contribution in [0.15, 0.2) is 29.1 Å². The monoisotopic (exact) mass is 376 g/mol. The third kappa shape index (κ3) is 2.58. The van der Waals surface area contributed by atoms with Gasteiger partial charge >= 0.3 is 6.18 Å². The summed E-state index contributed by atoms with van der Waals surface area (Å²) in [4.78, 5) is 19.1. The summed E-state index contributed by atoms with van der Waals surface area (Å²) in [7, 11) is 0. The molecule has 0 bridgehead atoms. The lowest BCUT2D eigenvalue weighted by Gasteiger charge is -2.10. The molecule has 0 unspecified atom stereocenters. The Bertz CT molecular complexity index is 1120. The quantitative estimate of drug-likeness (QED) is 0.596. The summed E-state index contributed by atoms with van der Waals surface area (Å²) in [5.41, 5.74) is 0.884. The van der Waals surface area contributed by atoms with Crippen LogP contribution in [-0.4, -0.2) is 9.55 Å². The molecule has 134 valence electrons. The van der Waals surface area contributed by atoms with E-state index in [2.05, 4.69) is 4.98 Å². The minimum absolute atomic E-state index is 0.0938. The number of halogens is 3. The number of aromatic nitrogens is 2. The Labute approximate surface area is 151 Å². The van der Waals surface area contributed by atoms with E-state index in [1.165, 1.54) is 29.5 Å². The molecule has 3 nitrogen and oxygen atoms in total. The Kier molecular flexibility index (Phi) is 3.80. The highest BCUT2D eigenvalue weighted by molar-refractivity contribution is 7.18. The number of thiophene rings is 1. The molecule has 3 heterocycles. The molecule has 1 aliphatic rings. The van der Waals surface area contributed by atoms with E-state index in [0.717, 1.165) is 16.5 Å². The number of hydrogen-bond acceptors (Lipinski definition) is 3. The van der Waals surface area contributed by atoms with E-state index in [-0.39, 0.29) is 11.1 Å². The van der Waals surface area contributed by atoms with Crippen molar-refractivity contribution < 1.29 is 13.2 Å². The molecule has 26 heavy (non-hydrogen) atoms. The average Bonchev–Trinajstić information content (AvgIpc) is 3.09. The number of allylic oxidation sites excluding steroid dienone is 1. The van der Waals surface area contributed by atoms with Crippen LogP contribution in [0, 0.1) is 13.8 Å². The first kappa shape index (κ1) is 17.0. The molecule has 4 rings (SSSR count). The Morgan fingerprint density at radius 1 is 1.23 bits per heavy atom. The number of nitrogens with zero attached hydrogens (tertiary/aromatic N) is 2. The van der Waals surface area contributed by atoms with Crippen molar-refractivity contribution in [1.82, 2.24) is 9.55 Å². The highest BCUT2D eigenvalue weighted by Gasteiger charge is 2.33. The zero-order valence-corrected chi connectivity index (χ0v) is 15.0. The standard InChI is InChI=1S/C19H15F3N2OS/c1-10-11(2)26-17-15(10)18(25)24-8-7-13(16(24)23-17)9-12-5-3-4-6-14(12)19(20,21)22/h3-6,9H,7-8H2,1-2H3. The van der Waals surface area contributed by atoms with Crippen LogP contribution in [0.4, 0.5) is 13.2 Å². The van der Waals surface area contributed by atoms with Gasteiger partial charge < -0.3 is 0 Å². The van der Waals surface area contributed by atoms with E-state index in [9.17, 15) is 18.0 Å². The fourth-order valence-electron chi connectivity index (χ4n) is 3.33. The van der Waals surface area contributed by atoms with Crippen LogP contribution in [-0.2, 0) is 12.7 Å². The second-order valence-electron chi connectivity index (χ2n) is 6.36. The van der Waals surface area contributed by atoms with Crippen LogP contribution in [0.3, 0.4) is 0 Å². The molecule has 0 saturated carbocycles. The Morgan fingerprint density at radius 3 is 2.69 bits per heavy atom. The highest BCUT2D eigenvalue weighted by Crippen LogP contribution is 2.36.